The maximum absolute atomic E-state index is 5.46. The first-order valence-corrected chi connectivity index (χ1v) is 5.30. The second-order valence-electron chi connectivity index (χ2n) is 3.65. The topological polar surface area (TPSA) is 9.23 Å². The van der Waals surface area contributed by atoms with Crippen molar-refractivity contribution < 1.29 is 4.74 Å². The Bertz CT molecular complexity index is 182. The Labute approximate surface area is 81.5 Å². The number of ether oxygens (including phenoxy) is 1. The third kappa shape index (κ3) is 3.77. The van der Waals surface area contributed by atoms with Gasteiger partial charge < -0.3 is 4.74 Å². The summed E-state index contributed by atoms with van der Waals surface area (Å²) in [6.45, 7) is 7.05. The highest BCUT2D eigenvalue weighted by Crippen LogP contribution is 2.18. The average Bonchev–Trinajstić information content (AvgIpc) is 2.65. The lowest BCUT2D eigenvalue weighted by Gasteiger charge is -2.11. The van der Waals surface area contributed by atoms with Crippen LogP contribution in [0.5, 0.6) is 0 Å². The molecule has 1 atom stereocenters. The molecule has 0 fully saturated rings. The summed E-state index contributed by atoms with van der Waals surface area (Å²) in [5.41, 5.74) is 1.24. The standard InChI is InChI=1S/C12H20O/c1-3-4-5-6-8-11(2)12-9-7-10-13-12/h7,9,12H,2-6,8,10H2,1H3/t12-/m1/s1. The zero-order valence-electron chi connectivity index (χ0n) is 8.59. The minimum absolute atomic E-state index is 0.210. The van der Waals surface area contributed by atoms with E-state index in [-0.39, 0.29) is 6.10 Å². The van der Waals surface area contributed by atoms with Crippen LogP contribution in [0, 0.1) is 0 Å². The molecule has 0 spiro atoms. The van der Waals surface area contributed by atoms with Gasteiger partial charge in [0.25, 0.3) is 0 Å². The molecule has 1 aliphatic rings. The van der Waals surface area contributed by atoms with Crippen LogP contribution in [-0.4, -0.2) is 12.7 Å². The number of hydrogen-bond donors (Lipinski definition) is 0. The van der Waals surface area contributed by atoms with Gasteiger partial charge in [-0.15, -0.1) is 0 Å². The molecule has 13 heavy (non-hydrogen) atoms. The molecule has 0 radical (unpaired) electrons. The molecule has 1 aliphatic heterocycles. The van der Waals surface area contributed by atoms with Gasteiger partial charge >= 0.3 is 0 Å². The van der Waals surface area contributed by atoms with E-state index in [2.05, 4.69) is 25.7 Å². The first-order valence-electron chi connectivity index (χ1n) is 5.30. The fourth-order valence-corrected chi connectivity index (χ4v) is 1.57. The molecule has 1 nitrogen and oxygen atoms in total. The fraction of sp³-hybridized carbons (Fsp3) is 0.667. The summed E-state index contributed by atoms with van der Waals surface area (Å²) in [5, 5.41) is 0. The first kappa shape index (κ1) is 10.5. The molecule has 0 aromatic heterocycles. The van der Waals surface area contributed by atoms with E-state index in [0.29, 0.717) is 0 Å². The Morgan fingerprint density at radius 3 is 2.92 bits per heavy atom. The molecular weight excluding hydrogens is 160 g/mol. The third-order valence-electron chi connectivity index (χ3n) is 2.44. The molecule has 0 saturated carbocycles. The van der Waals surface area contributed by atoms with Crippen LogP contribution in [0.4, 0.5) is 0 Å². The zero-order valence-corrected chi connectivity index (χ0v) is 8.59. The highest BCUT2D eigenvalue weighted by molar-refractivity contribution is 5.14. The lowest BCUT2D eigenvalue weighted by molar-refractivity contribution is 0.151. The highest BCUT2D eigenvalue weighted by Gasteiger charge is 2.12. The van der Waals surface area contributed by atoms with E-state index >= 15 is 0 Å². The van der Waals surface area contributed by atoms with E-state index < -0.39 is 0 Å². The maximum Gasteiger partial charge on any atom is 0.0969 e. The molecule has 74 valence electrons. The molecule has 0 saturated heterocycles. The summed E-state index contributed by atoms with van der Waals surface area (Å²) in [4.78, 5) is 0. The van der Waals surface area contributed by atoms with Crippen LogP contribution in [0.2, 0.25) is 0 Å². The van der Waals surface area contributed by atoms with Crippen molar-refractivity contribution in [2.45, 2.75) is 45.1 Å². The van der Waals surface area contributed by atoms with Crippen molar-refractivity contribution in [2.75, 3.05) is 6.61 Å². The predicted molar refractivity (Wildman–Crippen MR) is 56.8 cm³/mol. The molecule has 0 aromatic rings. The van der Waals surface area contributed by atoms with Crippen LogP contribution < -0.4 is 0 Å². The summed E-state index contributed by atoms with van der Waals surface area (Å²) in [6, 6.07) is 0. The van der Waals surface area contributed by atoms with Crippen molar-refractivity contribution in [3.05, 3.63) is 24.3 Å². The quantitative estimate of drug-likeness (QED) is 0.449. The Kier molecular flexibility index (Phi) is 4.84. The van der Waals surface area contributed by atoms with Gasteiger partial charge in [-0.25, -0.2) is 0 Å². The molecule has 0 aliphatic carbocycles. The Hall–Kier alpha value is -0.560. The van der Waals surface area contributed by atoms with Crippen LogP contribution in [0.1, 0.15) is 39.0 Å². The molecule has 0 amide bonds. The van der Waals surface area contributed by atoms with Gasteiger partial charge in [0.15, 0.2) is 0 Å². The van der Waals surface area contributed by atoms with Gasteiger partial charge in [0.1, 0.15) is 0 Å². The van der Waals surface area contributed by atoms with Gasteiger partial charge in [-0.1, -0.05) is 44.9 Å². The second-order valence-corrected chi connectivity index (χ2v) is 3.65. The van der Waals surface area contributed by atoms with Crippen molar-refractivity contribution in [1.29, 1.82) is 0 Å². The average molecular weight is 180 g/mol. The van der Waals surface area contributed by atoms with E-state index in [4.69, 9.17) is 4.74 Å². The van der Waals surface area contributed by atoms with Crippen molar-refractivity contribution >= 4 is 0 Å². The minimum Gasteiger partial charge on any atom is -0.366 e. The molecule has 1 rings (SSSR count). The van der Waals surface area contributed by atoms with Crippen molar-refractivity contribution in [3.63, 3.8) is 0 Å². The van der Waals surface area contributed by atoms with Crippen molar-refractivity contribution in [1.82, 2.24) is 0 Å². The number of unbranched alkanes of at least 4 members (excludes halogenated alkanes) is 3. The van der Waals surface area contributed by atoms with Crippen LogP contribution in [-0.2, 0) is 4.74 Å². The number of rotatable bonds is 6. The SMILES string of the molecule is C=C(CCCCCC)[C@H]1C=CCO1. The third-order valence-corrected chi connectivity index (χ3v) is 2.44. The molecule has 0 bridgehead atoms. The molecule has 1 heteroatoms. The monoisotopic (exact) mass is 180 g/mol. The predicted octanol–water partition coefficient (Wildman–Crippen LogP) is 3.47. The Morgan fingerprint density at radius 1 is 1.46 bits per heavy atom. The summed E-state index contributed by atoms with van der Waals surface area (Å²) in [5.74, 6) is 0. The smallest absolute Gasteiger partial charge is 0.0969 e. The van der Waals surface area contributed by atoms with Gasteiger partial charge in [0.2, 0.25) is 0 Å². The van der Waals surface area contributed by atoms with Crippen molar-refractivity contribution in [3.8, 4) is 0 Å². The second kappa shape index (κ2) is 5.98. The normalized spacial score (nSPS) is 20.8. The van der Waals surface area contributed by atoms with Crippen LogP contribution in [0.25, 0.3) is 0 Å². The van der Waals surface area contributed by atoms with E-state index in [9.17, 15) is 0 Å². The van der Waals surface area contributed by atoms with E-state index in [1.54, 1.807) is 0 Å². The highest BCUT2D eigenvalue weighted by atomic mass is 16.5. The van der Waals surface area contributed by atoms with Crippen LogP contribution >= 0.6 is 0 Å². The Balaban J connectivity index is 2.07. The zero-order chi connectivity index (χ0) is 9.52. The summed E-state index contributed by atoms with van der Waals surface area (Å²) in [6.07, 6.45) is 10.7. The molecule has 0 unspecified atom stereocenters. The molecule has 1 heterocycles. The summed E-state index contributed by atoms with van der Waals surface area (Å²) < 4.78 is 5.46. The number of hydrogen-bond acceptors (Lipinski definition) is 1. The van der Waals surface area contributed by atoms with Crippen molar-refractivity contribution in [2.24, 2.45) is 0 Å². The van der Waals surface area contributed by atoms with Gasteiger partial charge in [0.05, 0.1) is 12.7 Å². The first-order chi connectivity index (χ1) is 6.34. The van der Waals surface area contributed by atoms with Gasteiger partial charge in [-0.2, -0.15) is 0 Å². The van der Waals surface area contributed by atoms with E-state index in [1.807, 2.05) is 0 Å². The summed E-state index contributed by atoms with van der Waals surface area (Å²) in [7, 11) is 0. The lowest BCUT2D eigenvalue weighted by atomic mass is 10.0. The van der Waals surface area contributed by atoms with E-state index in [1.165, 1.54) is 31.3 Å². The van der Waals surface area contributed by atoms with Gasteiger partial charge in [-0.3, -0.25) is 0 Å². The van der Waals surface area contributed by atoms with Crippen LogP contribution in [0.3, 0.4) is 0 Å². The van der Waals surface area contributed by atoms with Gasteiger partial charge in [0, 0.05) is 0 Å². The minimum atomic E-state index is 0.210. The largest absolute Gasteiger partial charge is 0.366 e. The molecule has 0 aromatic carbocycles. The van der Waals surface area contributed by atoms with Gasteiger partial charge in [-0.05, 0) is 18.4 Å². The molecular formula is C12H20O. The van der Waals surface area contributed by atoms with Crippen LogP contribution in [0.15, 0.2) is 24.3 Å². The van der Waals surface area contributed by atoms with E-state index in [0.717, 1.165) is 13.0 Å². The fourth-order valence-electron chi connectivity index (χ4n) is 1.57. The lowest BCUT2D eigenvalue weighted by Crippen LogP contribution is -2.07. The molecule has 0 N–H and O–H groups in total. The summed E-state index contributed by atoms with van der Waals surface area (Å²) >= 11 is 0. The Morgan fingerprint density at radius 2 is 2.31 bits per heavy atom. The maximum atomic E-state index is 5.46.